The summed E-state index contributed by atoms with van der Waals surface area (Å²) in [4.78, 5) is 0. The molecule has 1 heterocycles. The lowest BCUT2D eigenvalue weighted by molar-refractivity contribution is 0.0304. The number of methoxy groups -OCH3 is 2. The normalized spacial score (nSPS) is 24.3. The SMILES string of the molecule is [B]C1([B])C=Cc2c3c(c4c(c2O1)=CC(OC)C(OC)C=4)-c1ccccc1C3(C)C. The number of hydrogen-bond acceptors (Lipinski definition) is 3. The molecule has 0 bridgehead atoms. The van der Waals surface area contributed by atoms with Gasteiger partial charge in [0.2, 0.25) is 0 Å². The zero-order valence-electron chi connectivity index (χ0n) is 17.2. The summed E-state index contributed by atoms with van der Waals surface area (Å²) >= 11 is 0. The van der Waals surface area contributed by atoms with E-state index in [4.69, 9.17) is 29.9 Å². The molecule has 3 nitrogen and oxygen atoms in total. The lowest BCUT2D eigenvalue weighted by Gasteiger charge is -2.34. The number of hydrogen-bond donors (Lipinski definition) is 0. The van der Waals surface area contributed by atoms with Gasteiger partial charge in [-0.1, -0.05) is 50.3 Å². The fourth-order valence-electron chi connectivity index (χ4n) is 5.05. The summed E-state index contributed by atoms with van der Waals surface area (Å²) < 4.78 is 17.5. The van der Waals surface area contributed by atoms with Crippen molar-refractivity contribution in [2.45, 2.75) is 36.9 Å². The van der Waals surface area contributed by atoms with Crippen LogP contribution in [0.3, 0.4) is 0 Å². The number of benzene rings is 2. The van der Waals surface area contributed by atoms with E-state index in [-0.39, 0.29) is 17.6 Å². The van der Waals surface area contributed by atoms with E-state index in [2.05, 4.69) is 50.3 Å². The molecule has 0 spiro atoms. The fraction of sp³-hybridized carbons (Fsp3) is 0.333. The molecule has 2 atom stereocenters. The average Bonchev–Trinajstić information content (AvgIpc) is 2.94. The van der Waals surface area contributed by atoms with Crippen molar-refractivity contribution in [1.82, 2.24) is 0 Å². The predicted molar refractivity (Wildman–Crippen MR) is 118 cm³/mol. The highest BCUT2D eigenvalue weighted by Crippen LogP contribution is 2.50. The van der Waals surface area contributed by atoms with Crippen molar-refractivity contribution in [2.75, 3.05) is 14.2 Å². The van der Waals surface area contributed by atoms with Crippen molar-refractivity contribution in [3.63, 3.8) is 0 Å². The quantitative estimate of drug-likeness (QED) is 0.747. The minimum atomic E-state index is -1.35. The van der Waals surface area contributed by atoms with Crippen molar-refractivity contribution >= 4 is 33.9 Å². The second kappa shape index (κ2) is 6.13. The molecule has 0 N–H and O–H groups in total. The summed E-state index contributed by atoms with van der Waals surface area (Å²) in [6.45, 7) is 4.51. The predicted octanol–water partition coefficient (Wildman–Crippen LogP) is 1.99. The molecule has 5 rings (SSSR count). The third kappa shape index (κ3) is 2.54. The Labute approximate surface area is 173 Å². The third-order valence-electron chi connectivity index (χ3n) is 6.38. The molecular weight excluding hydrogens is 358 g/mol. The minimum absolute atomic E-state index is 0.184. The second-order valence-corrected chi connectivity index (χ2v) is 8.51. The first-order valence-electron chi connectivity index (χ1n) is 9.84. The summed E-state index contributed by atoms with van der Waals surface area (Å²) in [6.07, 6.45) is 7.51. The Hall–Kier alpha value is -2.23. The number of rotatable bonds is 2. The van der Waals surface area contributed by atoms with Crippen LogP contribution in [0.25, 0.3) is 29.4 Å². The van der Waals surface area contributed by atoms with Crippen molar-refractivity contribution in [3.8, 4) is 16.9 Å². The van der Waals surface area contributed by atoms with Crippen LogP contribution < -0.4 is 15.2 Å². The van der Waals surface area contributed by atoms with Gasteiger partial charge < -0.3 is 14.2 Å². The Kier molecular flexibility index (Phi) is 3.97. The van der Waals surface area contributed by atoms with Crippen LogP contribution in [0.15, 0.2) is 30.3 Å². The van der Waals surface area contributed by atoms with Crippen molar-refractivity contribution < 1.29 is 14.2 Å². The van der Waals surface area contributed by atoms with E-state index in [1.165, 1.54) is 22.3 Å². The molecule has 0 fully saturated rings. The Morgan fingerprint density at radius 2 is 1.62 bits per heavy atom. The molecule has 2 aliphatic carbocycles. The van der Waals surface area contributed by atoms with Gasteiger partial charge in [0.05, 0.1) is 0 Å². The van der Waals surface area contributed by atoms with Gasteiger partial charge in [0.1, 0.15) is 33.6 Å². The van der Waals surface area contributed by atoms with Gasteiger partial charge in [-0.25, -0.2) is 0 Å². The molecule has 4 radical (unpaired) electrons. The second-order valence-electron chi connectivity index (χ2n) is 8.51. The zero-order chi connectivity index (χ0) is 20.6. The third-order valence-corrected chi connectivity index (χ3v) is 6.38. The van der Waals surface area contributed by atoms with Crippen LogP contribution in [0.1, 0.15) is 30.5 Å². The maximum Gasteiger partial charge on any atom is 0.133 e. The van der Waals surface area contributed by atoms with Crippen LogP contribution in [-0.4, -0.2) is 47.5 Å². The van der Waals surface area contributed by atoms with E-state index in [0.29, 0.717) is 5.75 Å². The maximum atomic E-state index is 6.13. The standard InChI is InChI=1S/C24H22B2O3/c1-23(2)17-8-6-5-7-13(17)20-15-11-18(27-3)19(28-4)12-16(15)22-14(21(20)23)9-10-24(25,26)29-22/h5-12,18-19H,1-4H3. The Balaban J connectivity index is 1.98. The Morgan fingerprint density at radius 1 is 0.966 bits per heavy atom. The molecule has 29 heavy (non-hydrogen) atoms. The highest BCUT2D eigenvalue weighted by Gasteiger charge is 2.41. The Bertz CT molecular complexity index is 1180. The van der Waals surface area contributed by atoms with Gasteiger partial charge in [-0.15, -0.1) is 0 Å². The molecule has 2 aromatic rings. The van der Waals surface area contributed by atoms with E-state index in [1.54, 1.807) is 20.3 Å². The summed E-state index contributed by atoms with van der Waals surface area (Å²) in [5, 5.41) is 0.693. The molecule has 142 valence electrons. The molecular formula is C24H22B2O3. The summed E-state index contributed by atoms with van der Waals surface area (Å²) in [7, 11) is 15.6. The largest absolute Gasteiger partial charge is 0.502 e. The molecule has 5 heteroatoms. The average molecular weight is 380 g/mol. The van der Waals surface area contributed by atoms with Crippen molar-refractivity contribution in [1.29, 1.82) is 0 Å². The first-order valence-corrected chi connectivity index (χ1v) is 9.84. The van der Waals surface area contributed by atoms with Gasteiger partial charge in [-0.05, 0) is 39.6 Å². The fourth-order valence-corrected chi connectivity index (χ4v) is 5.05. The van der Waals surface area contributed by atoms with Gasteiger partial charge in [0.15, 0.2) is 0 Å². The number of fused-ring (bicyclic) bond motifs is 8. The van der Waals surface area contributed by atoms with Crippen molar-refractivity contribution in [3.05, 3.63) is 57.5 Å². The maximum absolute atomic E-state index is 6.13. The molecule has 0 amide bonds. The first kappa shape index (κ1) is 18.8. The van der Waals surface area contributed by atoms with Crippen LogP contribution >= 0.6 is 0 Å². The van der Waals surface area contributed by atoms with Crippen LogP contribution in [-0.2, 0) is 14.9 Å². The van der Waals surface area contributed by atoms with Gasteiger partial charge in [-0.3, -0.25) is 0 Å². The molecule has 3 aliphatic rings. The minimum Gasteiger partial charge on any atom is -0.502 e. The van der Waals surface area contributed by atoms with E-state index >= 15 is 0 Å². The van der Waals surface area contributed by atoms with Gasteiger partial charge in [0, 0.05) is 35.8 Å². The smallest absolute Gasteiger partial charge is 0.133 e. The van der Waals surface area contributed by atoms with E-state index in [0.717, 1.165) is 16.0 Å². The summed E-state index contributed by atoms with van der Waals surface area (Å²) in [6, 6.07) is 8.58. The molecule has 1 aliphatic heterocycles. The van der Waals surface area contributed by atoms with Gasteiger partial charge in [0.25, 0.3) is 0 Å². The first-order chi connectivity index (χ1) is 13.8. The highest BCUT2D eigenvalue weighted by molar-refractivity contribution is 6.41. The molecule has 2 aromatic carbocycles. The van der Waals surface area contributed by atoms with E-state index in [9.17, 15) is 0 Å². The molecule has 0 saturated carbocycles. The van der Waals surface area contributed by atoms with E-state index in [1.807, 2.05) is 6.08 Å². The summed E-state index contributed by atoms with van der Waals surface area (Å²) in [5.74, 6) is 0.708. The van der Waals surface area contributed by atoms with Gasteiger partial charge >= 0.3 is 0 Å². The molecule has 0 saturated heterocycles. The van der Waals surface area contributed by atoms with Crippen molar-refractivity contribution in [2.24, 2.45) is 0 Å². The summed E-state index contributed by atoms with van der Waals surface area (Å²) in [5.41, 5.74) is 5.84. The lowest BCUT2D eigenvalue weighted by Crippen LogP contribution is -2.46. The molecule has 2 unspecified atom stereocenters. The monoisotopic (exact) mass is 380 g/mol. The van der Waals surface area contributed by atoms with Crippen LogP contribution in [0.5, 0.6) is 5.75 Å². The van der Waals surface area contributed by atoms with Crippen LogP contribution in [0.2, 0.25) is 0 Å². The number of ether oxygens (including phenoxy) is 3. The van der Waals surface area contributed by atoms with Gasteiger partial charge in [-0.2, -0.15) is 0 Å². The Morgan fingerprint density at radius 3 is 2.31 bits per heavy atom. The van der Waals surface area contributed by atoms with E-state index < -0.39 is 5.40 Å². The van der Waals surface area contributed by atoms with Crippen LogP contribution in [0, 0.1) is 0 Å². The molecule has 0 aromatic heterocycles. The lowest BCUT2D eigenvalue weighted by atomic mass is 9.63. The van der Waals surface area contributed by atoms with Crippen LogP contribution in [0.4, 0.5) is 0 Å². The zero-order valence-corrected chi connectivity index (χ0v) is 17.2. The topological polar surface area (TPSA) is 27.7 Å². The highest BCUT2D eigenvalue weighted by atomic mass is 16.5.